The monoisotopic (exact) mass is 474 g/mol. The van der Waals surface area contributed by atoms with Crippen molar-refractivity contribution in [3.63, 3.8) is 0 Å². The molecule has 0 bridgehead atoms. The van der Waals surface area contributed by atoms with Crippen molar-refractivity contribution in [2.75, 3.05) is 0 Å². The molecule has 1 saturated carbocycles. The summed E-state index contributed by atoms with van der Waals surface area (Å²) in [6.45, 7) is 2.84. The van der Waals surface area contributed by atoms with Crippen molar-refractivity contribution in [3.8, 4) is 5.75 Å². The van der Waals surface area contributed by atoms with E-state index >= 15 is 0 Å². The molecule has 3 rings (SSSR count). The summed E-state index contributed by atoms with van der Waals surface area (Å²) < 4.78 is 21.1. The molecule has 1 aliphatic carbocycles. The van der Waals surface area contributed by atoms with Gasteiger partial charge in [0, 0.05) is 32.0 Å². The fraction of sp³-hybridized carbons (Fsp3) is 0.583. The number of Topliss-reactive ketones (excluding diaryl/α,β-unsaturated/α-hetero) is 2. The third kappa shape index (κ3) is 7.31. The molecule has 0 spiro atoms. The summed E-state index contributed by atoms with van der Waals surface area (Å²) >= 11 is 0. The molecule has 10 heteroatoms. The molecule has 1 aromatic rings. The summed E-state index contributed by atoms with van der Waals surface area (Å²) in [6, 6.07) is 4.87. The second-order valence-electron chi connectivity index (χ2n) is 8.93. The molecule has 0 saturated heterocycles. The van der Waals surface area contributed by atoms with Crippen LogP contribution in [-0.4, -0.2) is 48.2 Å². The molecule has 1 N–H and O–H groups in total. The Labute approximate surface area is 199 Å². The molecule has 0 amide bonds. The van der Waals surface area contributed by atoms with Crippen molar-refractivity contribution in [3.05, 3.63) is 29.3 Å². The van der Waals surface area contributed by atoms with Crippen molar-refractivity contribution in [2.24, 2.45) is 0 Å². The van der Waals surface area contributed by atoms with Crippen LogP contribution in [0.4, 0.5) is 4.79 Å². The van der Waals surface area contributed by atoms with Crippen molar-refractivity contribution in [1.29, 1.82) is 0 Å². The van der Waals surface area contributed by atoms with E-state index in [1.54, 1.807) is 12.1 Å². The van der Waals surface area contributed by atoms with Crippen LogP contribution in [-0.2, 0) is 30.2 Å². The molecule has 1 aromatic carbocycles. The first-order valence-corrected chi connectivity index (χ1v) is 11.8. The number of fused-ring (bicyclic) bond motifs is 1. The predicted molar refractivity (Wildman–Crippen MR) is 121 cm³/mol. The minimum atomic E-state index is -1.29. The summed E-state index contributed by atoms with van der Waals surface area (Å²) in [7, 11) is -1.29. The number of benzene rings is 1. The van der Waals surface area contributed by atoms with Crippen molar-refractivity contribution < 1.29 is 43.1 Å². The van der Waals surface area contributed by atoms with E-state index in [4.69, 9.17) is 18.9 Å². The van der Waals surface area contributed by atoms with Crippen molar-refractivity contribution in [2.45, 2.75) is 89.8 Å². The number of carbonyl (C=O) groups excluding carboxylic acids is 4. The average Bonchev–Trinajstić information content (AvgIpc) is 2.78. The van der Waals surface area contributed by atoms with Crippen LogP contribution in [0.3, 0.4) is 0 Å². The standard InChI is InChI=1S/C24H31BO9/c1-15(26)11-12-19(27)14-18-13-17-7-6-10-21(22(17)34-25(18)30)23(28)31-16(2)32-24(29)33-20-8-4-3-5-9-20/h6-7,10,16,18,20,30H,3-5,8-9,11-14H2,1-2H3/t16?,18-/m1/s1. The van der Waals surface area contributed by atoms with Gasteiger partial charge in [0.15, 0.2) is 0 Å². The maximum atomic E-state index is 12.7. The molecule has 1 fully saturated rings. The molecule has 184 valence electrons. The molecule has 1 unspecified atom stereocenters. The van der Waals surface area contributed by atoms with Gasteiger partial charge in [-0.25, -0.2) is 9.59 Å². The van der Waals surface area contributed by atoms with E-state index in [9.17, 15) is 24.2 Å². The summed E-state index contributed by atoms with van der Waals surface area (Å²) in [5.74, 6) is -1.30. The van der Waals surface area contributed by atoms with E-state index in [0.717, 1.165) is 32.1 Å². The number of hydrogen-bond acceptors (Lipinski definition) is 9. The summed E-state index contributed by atoms with van der Waals surface area (Å²) in [5, 5.41) is 10.4. The second-order valence-corrected chi connectivity index (χ2v) is 8.93. The lowest BCUT2D eigenvalue weighted by Crippen LogP contribution is -2.36. The van der Waals surface area contributed by atoms with E-state index < -0.39 is 31.4 Å². The van der Waals surface area contributed by atoms with Gasteiger partial charge in [-0.15, -0.1) is 0 Å². The zero-order chi connectivity index (χ0) is 24.7. The second kappa shape index (κ2) is 12.0. The van der Waals surface area contributed by atoms with Crippen LogP contribution in [0.5, 0.6) is 5.75 Å². The number of rotatable bonds is 9. The smallest absolute Gasteiger partial charge is 0.526 e. The van der Waals surface area contributed by atoms with Crippen LogP contribution in [0.25, 0.3) is 0 Å². The Hall–Kier alpha value is -2.88. The predicted octanol–water partition coefficient (Wildman–Crippen LogP) is 3.79. The fourth-order valence-electron chi connectivity index (χ4n) is 4.25. The molecule has 1 heterocycles. The zero-order valence-electron chi connectivity index (χ0n) is 19.6. The van der Waals surface area contributed by atoms with Crippen molar-refractivity contribution in [1.82, 2.24) is 0 Å². The average molecular weight is 474 g/mol. The third-order valence-electron chi connectivity index (χ3n) is 6.04. The molecule has 1 aliphatic heterocycles. The number of ketones is 2. The van der Waals surface area contributed by atoms with E-state index in [1.165, 1.54) is 19.9 Å². The maximum Gasteiger partial charge on any atom is 0.526 e. The lowest BCUT2D eigenvalue weighted by atomic mass is 9.64. The molecule has 2 aliphatic rings. The Kier molecular flexibility index (Phi) is 9.09. The Balaban J connectivity index is 1.56. The zero-order valence-corrected chi connectivity index (χ0v) is 19.6. The molecule has 0 aromatic heterocycles. The van der Waals surface area contributed by atoms with Crippen LogP contribution in [0, 0.1) is 0 Å². The SMILES string of the molecule is CC(=O)CCC(=O)C[C@H]1Cc2cccc(C(=O)OC(C)OC(=O)OC3CCCCC3)c2OB1O. The van der Waals surface area contributed by atoms with Crippen LogP contribution in [0.2, 0.25) is 5.82 Å². The highest BCUT2D eigenvalue weighted by molar-refractivity contribution is 6.47. The maximum absolute atomic E-state index is 12.7. The Morgan fingerprint density at radius 1 is 1.12 bits per heavy atom. The fourth-order valence-corrected chi connectivity index (χ4v) is 4.25. The minimum absolute atomic E-state index is 0.0660. The Morgan fingerprint density at radius 2 is 1.85 bits per heavy atom. The lowest BCUT2D eigenvalue weighted by Gasteiger charge is -2.28. The highest BCUT2D eigenvalue weighted by Gasteiger charge is 2.38. The summed E-state index contributed by atoms with van der Waals surface area (Å²) in [4.78, 5) is 47.9. The van der Waals surface area contributed by atoms with Crippen LogP contribution >= 0.6 is 0 Å². The van der Waals surface area contributed by atoms with Gasteiger partial charge in [-0.05, 0) is 50.7 Å². The van der Waals surface area contributed by atoms with E-state index in [1.807, 2.05) is 0 Å². The first kappa shape index (κ1) is 25.7. The first-order chi connectivity index (χ1) is 16.2. The molecule has 9 nitrogen and oxygen atoms in total. The van der Waals surface area contributed by atoms with Crippen LogP contribution in [0.15, 0.2) is 18.2 Å². The molecule has 34 heavy (non-hydrogen) atoms. The van der Waals surface area contributed by atoms with Gasteiger partial charge in [0.1, 0.15) is 29.0 Å². The third-order valence-corrected chi connectivity index (χ3v) is 6.04. The van der Waals surface area contributed by atoms with Gasteiger partial charge >= 0.3 is 19.2 Å². The first-order valence-electron chi connectivity index (χ1n) is 11.8. The van der Waals surface area contributed by atoms with E-state index in [0.29, 0.717) is 12.0 Å². The largest absolute Gasteiger partial charge is 0.535 e. The van der Waals surface area contributed by atoms with Crippen LogP contribution in [0.1, 0.15) is 81.1 Å². The van der Waals surface area contributed by atoms with E-state index in [2.05, 4.69) is 0 Å². The van der Waals surface area contributed by atoms with Gasteiger partial charge in [0.2, 0.25) is 6.29 Å². The highest BCUT2D eigenvalue weighted by Crippen LogP contribution is 2.37. The summed E-state index contributed by atoms with van der Waals surface area (Å²) in [5.41, 5.74) is 0.725. The molecular formula is C24H31BO9. The number of hydrogen-bond donors (Lipinski definition) is 1. The normalized spacial score (nSPS) is 18.8. The van der Waals surface area contributed by atoms with Gasteiger partial charge in [-0.3, -0.25) is 4.79 Å². The summed E-state index contributed by atoms with van der Waals surface area (Å²) in [6.07, 6.45) is 3.15. The number of esters is 1. The van der Waals surface area contributed by atoms with Gasteiger partial charge in [0.05, 0.1) is 0 Å². The highest BCUT2D eigenvalue weighted by atomic mass is 16.8. The van der Waals surface area contributed by atoms with Gasteiger partial charge < -0.3 is 28.7 Å². The number of para-hydroxylation sites is 1. The Morgan fingerprint density at radius 3 is 2.56 bits per heavy atom. The Bertz CT molecular complexity index is 910. The van der Waals surface area contributed by atoms with Gasteiger partial charge in [-0.1, -0.05) is 18.6 Å². The topological polar surface area (TPSA) is 125 Å². The quantitative estimate of drug-likeness (QED) is 0.323. The lowest BCUT2D eigenvalue weighted by molar-refractivity contribution is -0.123. The van der Waals surface area contributed by atoms with Gasteiger partial charge in [0.25, 0.3) is 0 Å². The number of carbonyl (C=O) groups is 4. The molecular weight excluding hydrogens is 443 g/mol. The number of ether oxygens (including phenoxy) is 3. The van der Waals surface area contributed by atoms with Crippen molar-refractivity contribution >= 4 is 30.8 Å². The molecule has 2 atom stereocenters. The van der Waals surface area contributed by atoms with Crippen LogP contribution < -0.4 is 4.65 Å². The minimum Gasteiger partial charge on any atom is -0.535 e. The molecule has 0 radical (unpaired) electrons. The van der Waals surface area contributed by atoms with Gasteiger partial charge in [-0.2, -0.15) is 0 Å². The van der Waals surface area contributed by atoms with E-state index in [-0.39, 0.29) is 48.2 Å².